The molecule has 2 fully saturated rings. The molecule has 0 radical (unpaired) electrons. The number of carbonyl (C=O) groups excluding carboxylic acids is 1. The van der Waals surface area contributed by atoms with Crippen LogP contribution in [0.3, 0.4) is 0 Å². The summed E-state index contributed by atoms with van der Waals surface area (Å²) in [5, 5.41) is 12.4. The number of likely N-dealkylation sites (tertiary alicyclic amines) is 1. The predicted molar refractivity (Wildman–Crippen MR) is 165 cm³/mol. The SMILES string of the molecule is C=CCN1CCCC1CN(CC[C@H](Cc1ccccc1)NC(=O)O[C@H]1COC[C@H]1CCO)S(=O)(=O)c1ccc(OC)cc1. The first-order chi connectivity index (χ1) is 20.8. The van der Waals surface area contributed by atoms with E-state index in [-0.39, 0.29) is 42.7 Å². The van der Waals surface area contributed by atoms with Crippen LogP contribution >= 0.6 is 0 Å². The number of alkyl carbamates (subject to hydrolysis) is 1. The van der Waals surface area contributed by atoms with Crippen LogP contribution in [0.25, 0.3) is 0 Å². The molecular weight excluding hydrogens is 570 g/mol. The van der Waals surface area contributed by atoms with E-state index in [9.17, 15) is 18.3 Å². The molecule has 1 amide bonds. The Hall–Kier alpha value is -2.96. The summed E-state index contributed by atoms with van der Waals surface area (Å²) in [5.74, 6) is 0.524. The maximum atomic E-state index is 14.0. The third kappa shape index (κ3) is 9.26. The van der Waals surface area contributed by atoms with Crippen molar-refractivity contribution in [2.24, 2.45) is 5.92 Å². The van der Waals surface area contributed by atoms with Gasteiger partial charge in [-0.3, -0.25) is 4.90 Å². The number of benzene rings is 2. The van der Waals surface area contributed by atoms with E-state index in [1.807, 2.05) is 36.4 Å². The van der Waals surface area contributed by atoms with Crippen molar-refractivity contribution in [1.82, 2.24) is 14.5 Å². The van der Waals surface area contributed by atoms with Crippen LogP contribution in [0.4, 0.5) is 4.79 Å². The standard InChI is InChI=1S/C32H45N3O7S/c1-3-17-34-18-7-10-28(34)22-35(43(38,39)30-13-11-29(40-2)12-14-30)19-15-27(21-25-8-5-4-6-9-25)33-32(37)42-31-24-41-23-26(31)16-20-36/h3-6,8-9,11-14,26-28,31,36H,1,7,10,15-24H2,2H3,(H,33,37)/t26-,27-,28?,31+/m1/s1. The van der Waals surface area contributed by atoms with Gasteiger partial charge in [-0.25, -0.2) is 13.2 Å². The Labute approximate surface area is 255 Å². The van der Waals surface area contributed by atoms with Crippen LogP contribution in [0.2, 0.25) is 0 Å². The molecule has 2 aromatic rings. The summed E-state index contributed by atoms with van der Waals surface area (Å²) in [6.45, 7) is 6.75. The third-order valence-electron chi connectivity index (χ3n) is 8.25. The fourth-order valence-electron chi connectivity index (χ4n) is 5.86. The number of aliphatic hydroxyl groups is 1. The van der Waals surface area contributed by atoms with Crippen molar-refractivity contribution >= 4 is 16.1 Å². The topological polar surface area (TPSA) is 118 Å². The fraction of sp³-hybridized carbons (Fsp3) is 0.531. The highest BCUT2D eigenvalue weighted by Gasteiger charge is 2.34. The van der Waals surface area contributed by atoms with Crippen molar-refractivity contribution < 1.29 is 32.5 Å². The van der Waals surface area contributed by atoms with Crippen molar-refractivity contribution in [3.63, 3.8) is 0 Å². The van der Waals surface area contributed by atoms with Crippen LogP contribution in [0, 0.1) is 5.92 Å². The van der Waals surface area contributed by atoms with Crippen molar-refractivity contribution in [2.45, 2.75) is 55.2 Å². The summed E-state index contributed by atoms with van der Waals surface area (Å²) in [6, 6.07) is 15.9. The molecule has 43 heavy (non-hydrogen) atoms. The van der Waals surface area contributed by atoms with E-state index in [0.29, 0.717) is 44.7 Å². The highest BCUT2D eigenvalue weighted by atomic mass is 32.2. The molecule has 0 aromatic heterocycles. The highest BCUT2D eigenvalue weighted by molar-refractivity contribution is 7.89. The number of hydrogen-bond acceptors (Lipinski definition) is 8. The summed E-state index contributed by atoms with van der Waals surface area (Å²) in [4.78, 5) is 15.5. The maximum absolute atomic E-state index is 14.0. The van der Waals surface area contributed by atoms with Gasteiger partial charge in [-0.05, 0) is 68.5 Å². The normalized spacial score (nSPS) is 21.5. The number of aliphatic hydroxyl groups excluding tert-OH is 1. The minimum atomic E-state index is -3.84. The molecule has 2 saturated heterocycles. The second-order valence-electron chi connectivity index (χ2n) is 11.2. The number of ether oxygens (including phenoxy) is 3. The number of hydrogen-bond donors (Lipinski definition) is 2. The molecule has 10 nitrogen and oxygen atoms in total. The quantitative estimate of drug-likeness (QED) is 0.276. The molecule has 0 spiro atoms. The molecule has 2 heterocycles. The van der Waals surface area contributed by atoms with Gasteiger partial charge < -0.3 is 24.6 Å². The molecule has 2 aliphatic heterocycles. The summed E-state index contributed by atoms with van der Waals surface area (Å²) >= 11 is 0. The van der Waals surface area contributed by atoms with Gasteiger partial charge in [0.05, 0.1) is 25.2 Å². The summed E-state index contributed by atoms with van der Waals surface area (Å²) < 4.78 is 46.0. The summed E-state index contributed by atoms with van der Waals surface area (Å²) in [6.07, 6.45) is 4.14. The average Bonchev–Trinajstić information content (AvgIpc) is 3.64. The van der Waals surface area contributed by atoms with Gasteiger partial charge in [0.1, 0.15) is 11.9 Å². The first-order valence-corrected chi connectivity index (χ1v) is 16.5. The average molecular weight is 616 g/mol. The van der Waals surface area contributed by atoms with E-state index in [0.717, 1.165) is 24.9 Å². The number of amides is 1. The number of rotatable bonds is 16. The molecule has 4 rings (SSSR count). The fourth-order valence-corrected chi connectivity index (χ4v) is 7.35. The molecule has 2 N–H and O–H groups in total. The van der Waals surface area contributed by atoms with E-state index in [4.69, 9.17) is 14.2 Å². The van der Waals surface area contributed by atoms with E-state index in [1.54, 1.807) is 35.7 Å². The smallest absolute Gasteiger partial charge is 0.407 e. The molecule has 0 saturated carbocycles. The van der Waals surface area contributed by atoms with Gasteiger partial charge in [0, 0.05) is 44.2 Å². The van der Waals surface area contributed by atoms with Crippen molar-refractivity contribution in [3.8, 4) is 5.75 Å². The van der Waals surface area contributed by atoms with Crippen LogP contribution in [0.5, 0.6) is 5.75 Å². The molecule has 0 bridgehead atoms. The number of carbonyl (C=O) groups is 1. The van der Waals surface area contributed by atoms with Crippen molar-refractivity contribution in [2.75, 3.05) is 53.1 Å². The van der Waals surface area contributed by atoms with Gasteiger partial charge >= 0.3 is 6.09 Å². The van der Waals surface area contributed by atoms with E-state index in [1.165, 1.54) is 0 Å². The lowest BCUT2D eigenvalue weighted by Crippen LogP contribution is -2.46. The lowest BCUT2D eigenvalue weighted by atomic mass is 10.0. The third-order valence-corrected chi connectivity index (χ3v) is 10.1. The lowest BCUT2D eigenvalue weighted by Gasteiger charge is -2.31. The largest absolute Gasteiger partial charge is 0.497 e. The molecule has 4 atom stereocenters. The first kappa shape index (κ1) is 32.9. The van der Waals surface area contributed by atoms with E-state index in [2.05, 4.69) is 16.8 Å². The van der Waals surface area contributed by atoms with Gasteiger partial charge in [-0.1, -0.05) is 36.4 Å². The molecular formula is C32H45N3O7S. The van der Waals surface area contributed by atoms with E-state index < -0.39 is 22.2 Å². The Morgan fingerprint density at radius 3 is 2.67 bits per heavy atom. The van der Waals surface area contributed by atoms with Crippen LogP contribution in [0.1, 0.15) is 31.2 Å². The Bertz CT molecular complexity index is 1260. The lowest BCUT2D eigenvalue weighted by molar-refractivity contribution is 0.0645. The Morgan fingerprint density at radius 1 is 1.21 bits per heavy atom. The highest BCUT2D eigenvalue weighted by Crippen LogP contribution is 2.25. The Morgan fingerprint density at radius 2 is 1.98 bits per heavy atom. The number of nitrogens with one attached hydrogen (secondary N) is 1. The Kier molecular flexibility index (Phi) is 12.4. The summed E-state index contributed by atoms with van der Waals surface area (Å²) in [5.41, 5.74) is 1.02. The van der Waals surface area contributed by atoms with Gasteiger partial charge in [-0.2, -0.15) is 4.31 Å². The molecule has 0 aliphatic carbocycles. The predicted octanol–water partition coefficient (Wildman–Crippen LogP) is 3.46. The zero-order chi connectivity index (χ0) is 30.7. The van der Waals surface area contributed by atoms with Gasteiger partial charge in [0.15, 0.2) is 0 Å². The van der Waals surface area contributed by atoms with Crippen molar-refractivity contribution in [1.29, 1.82) is 0 Å². The summed E-state index contributed by atoms with van der Waals surface area (Å²) in [7, 11) is -2.30. The molecule has 236 valence electrons. The van der Waals surface area contributed by atoms with E-state index >= 15 is 0 Å². The van der Waals surface area contributed by atoms with Crippen LogP contribution in [0.15, 0.2) is 72.1 Å². The first-order valence-electron chi connectivity index (χ1n) is 15.0. The zero-order valence-corrected chi connectivity index (χ0v) is 25.8. The second-order valence-corrected chi connectivity index (χ2v) is 13.1. The minimum absolute atomic E-state index is 0.00410. The van der Waals surface area contributed by atoms with Crippen LogP contribution in [-0.4, -0.2) is 100 Å². The van der Waals surface area contributed by atoms with Crippen LogP contribution < -0.4 is 10.1 Å². The monoisotopic (exact) mass is 615 g/mol. The molecule has 2 aromatic carbocycles. The zero-order valence-electron chi connectivity index (χ0n) is 25.0. The molecule has 1 unspecified atom stereocenters. The number of nitrogens with zero attached hydrogens (tertiary/aromatic N) is 2. The Balaban J connectivity index is 1.52. The maximum Gasteiger partial charge on any atom is 0.407 e. The van der Waals surface area contributed by atoms with Crippen molar-refractivity contribution in [3.05, 3.63) is 72.8 Å². The minimum Gasteiger partial charge on any atom is -0.497 e. The number of methoxy groups -OCH3 is 1. The van der Waals surface area contributed by atoms with Gasteiger partial charge in [0.2, 0.25) is 10.0 Å². The van der Waals surface area contributed by atoms with Gasteiger partial charge in [0.25, 0.3) is 0 Å². The molecule has 11 heteroatoms. The van der Waals surface area contributed by atoms with Crippen LogP contribution in [-0.2, 0) is 25.9 Å². The number of sulfonamides is 1. The second kappa shape index (κ2) is 16.2. The van der Waals surface area contributed by atoms with Gasteiger partial charge in [-0.15, -0.1) is 6.58 Å². The molecule has 2 aliphatic rings.